The average molecular weight is 577 g/mol. The fourth-order valence-electron chi connectivity index (χ4n) is 4.89. The number of benzene rings is 4. The van der Waals surface area contributed by atoms with Gasteiger partial charge in [-0.3, -0.25) is 0 Å². The van der Waals surface area contributed by atoms with Crippen LogP contribution >= 0.6 is 23.4 Å². The van der Waals surface area contributed by atoms with Crippen molar-refractivity contribution in [2.75, 3.05) is 13.2 Å². The molecule has 1 N–H and O–H groups in total. The summed E-state index contributed by atoms with van der Waals surface area (Å²) in [6.07, 6.45) is 2.14. The molecule has 0 spiro atoms. The molecule has 0 unspecified atom stereocenters. The minimum atomic E-state index is -0.919. The highest BCUT2D eigenvalue weighted by Crippen LogP contribution is 2.44. The van der Waals surface area contributed by atoms with Crippen molar-refractivity contribution >= 4 is 29.3 Å². The molecule has 1 heterocycles. The standard InChI is InChI=1S/C24H26ClN4.C8H7ClO2/c1-2-3-19-29-26-28(25)20-27(29)24(21-13-7-4-8-14-21,22-15-9-5-10-16-22)23-17-11-6-12-18-23;9-5-6-2-1-3-7(4-6)8(10)11/h4-18H,2-3,19-20H2,1H3;1-4H,5H2,(H,10,11)/q+1;. The molecule has 0 saturated heterocycles. The first-order valence-corrected chi connectivity index (χ1v) is 14.1. The summed E-state index contributed by atoms with van der Waals surface area (Å²) < 4.78 is 1.50. The van der Waals surface area contributed by atoms with Crippen molar-refractivity contribution in [2.24, 2.45) is 5.22 Å². The van der Waals surface area contributed by atoms with E-state index in [9.17, 15) is 4.79 Å². The molecule has 1 aliphatic heterocycles. The molecular formula is C32H33Cl2N4O2+. The van der Waals surface area contributed by atoms with Crippen LogP contribution in [0.1, 0.15) is 52.4 Å². The summed E-state index contributed by atoms with van der Waals surface area (Å²) in [5.41, 5.74) is 4.10. The minimum Gasteiger partial charge on any atom is -0.478 e. The summed E-state index contributed by atoms with van der Waals surface area (Å²) in [5.74, 6) is -0.571. The monoisotopic (exact) mass is 575 g/mol. The number of hydrogen-bond donors (Lipinski definition) is 1. The molecule has 1 aliphatic rings. The molecule has 6 nitrogen and oxygen atoms in total. The number of hydrogen-bond acceptors (Lipinski definition) is 4. The number of aromatic carboxylic acids is 1. The Bertz CT molecular complexity index is 1310. The van der Waals surface area contributed by atoms with Gasteiger partial charge in [-0.1, -0.05) is 121 Å². The SMILES string of the molecule is CCCC[N+]1=NN(Cl)CN1C(c1ccccc1)(c1ccccc1)c1ccccc1.O=C(O)c1cccc(CCl)c1. The van der Waals surface area contributed by atoms with E-state index in [1.807, 2.05) is 4.81 Å². The second kappa shape index (κ2) is 14.0. The molecule has 0 bridgehead atoms. The van der Waals surface area contributed by atoms with Crippen LogP contribution in [-0.2, 0) is 11.4 Å². The van der Waals surface area contributed by atoms with Gasteiger partial charge < -0.3 is 5.11 Å². The lowest BCUT2D eigenvalue weighted by Crippen LogP contribution is -2.51. The number of nitrogens with zero attached hydrogens (tertiary/aromatic N) is 4. The smallest absolute Gasteiger partial charge is 0.335 e. The van der Waals surface area contributed by atoms with Crippen LogP contribution in [0.2, 0.25) is 0 Å². The molecule has 40 heavy (non-hydrogen) atoms. The predicted octanol–water partition coefficient (Wildman–Crippen LogP) is 7.93. The quantitative estimate of drug-likeness (QED) is 0.0952. The van der Waals surface area contributed by atoms with E-state index < -0.39 is 11.5 Å². The molecule has 4 aromatic rings. The number of rotatable bonds is 9. The number of alkyl halides is 1. The van der Waals surface area contributed by atoms with Gasteiger partial charge in [0.05, 0.1) is 5.56 Å². The highest BCUT2D eigenvalue weighted by atomic mass is 35.5. The second-order valence-electron chi connectivity index (χ2n) is 9.36. The van der Waals surface area contributed by atoms with Crippen molar-refractivity contribution < 1.29 is 14.7 Å². The van der Waals surface area contributed by atoms with Gasteiger partial charge in [-0.05, 0) is 45.3 Å². The molecule has 0 aromatic heterocycles. The Morgan fingerprint density at radius 1 is 0.875 bits per heavy atom. The van der Waals surface area contributed by atoms with Gasteiger partial charge in [-0.25, -0.2) is 4.79 Å². The minimum absolute atomic E-state index is 0.281. The maximum atomic E-state index is 10.4. The maximum Gasteiger partial charge on any atom is 0.335 e. The van der Waals surface area contributed by atoms with Gasteiger partial charge in [0, 0.05) is 5.88 Å². The summed E-state index contributed by atoms with van der Waals surface area (Å²) >= 11 is 11.9. The van der Waals surface area contributed by atoms with E-state index in [0.29, 0.717) is 12.5 Å². The summed E-state index contributed by atoms with van der Waals surface area (Å²) in [6, 6.07) is 38.5. The van der Waals surface area contributed by atoms with Crippen LogP contribution in [-0.4, -0.2) is 38.6 Å². The fraction of sp³-hybridized carbons (Fsp3) is 0.219. The van der Waals surface area contributed by atoms with Crippen LogP contribution in [0.3, 0.4) is 0 Å². The van der Waals surface area contributed by atoms with Crippen molar-refractivity contribution in [3.8, 4) is 0 Å². The Morgan fingerprint density at radius 3 is 1.85 bits per heavy atom. The van der Waals surface area contributed by atoms with Gasteiger partial charge in [-0.2, -0.15) is 5.01 Å². The summed E-state index contributed by atoms with van der Waals surface area (Å²) in [4.78, 5) is 12.5. The third-order valence-corrected chi connectivity index (χ3v) is 7.21. The Labute approximate surface area is 245 Å². The summed E-state index contributed by atoms with van der Waals surface area (Å²) in [5, 5.41) is 15.5. The molecule has 0 saturated carbocycles. The highest BCUT2D eigenvalue weighted by molar-refractivity contribution is 6.17. The Hall–Kier alpha value is -3.87. The Kier molecular flexibility index (Phi) is 10.2. The Morgan fingerprint density at radius 2 is 1.40 bits per heavy atom. The van der Waals surface area contributed by atoms with Gasteiger partial charge in [0.15, 0.2) is 17.3 Å². The fourth-order valence-corrected chi connectivity index (χ4v) is 5.23. The van der Waals surface area contributed by atoms with Crippen molar-refractivity contribution in [1.29, 1.82) is 0 Å². The van der Waals surface area contributed by atoms with Crippen LogP contribution in [0.15, 0.2) is 120 Å². The van der Waals surface area contributed by atoms with Gasteiger partial charge in [0.2, 0.25) is 6.67 Å². The Balaban J connectivity index is 0.000000283. The van der Waals surface area contributed by atoms with Crippen LogP contribution in [0.4, 0.5) is 0 Å². The third-order valence-electron chi connectivity index (χ3n) is 6.73. The van der Waals surface area contributed by atoms with Crippen molar-refractivity contribution in [1.82, 2.24) is 9.54 Å². The maximum absolute atomic E-state index is 10.4. The lowest BCUT2D eigenvalue weighted by molar-refractivity contribution is -0.742. The molecule has 4 aromatic carbocycles. The first kappa shape index (κ1) is 29.1. The van der Waals surface area contributed by atoms with E-state index in [4.69, 9.17) is 28.5 Å². The van der Waals surface area contributed by atoms with E-state index in [1.165, 1.54) is 21.2 Å². The molecule has 206 valence electrons. The second-order valence-corrected chi connectivity index (χ2v) is 10.0. The topological polar surface area (TPSA) is 59.2 Å². The molecule has 0 fully saturated rings. The van der Waals surface area contributed by atoms with E-state index >= 15 is 0 Å². The molecule has 8 heteroatoms. The first-order chi connectivity index (χ1) is 19.5. The number of carboxylic acids is 1. The van der Waals surface area contributed by atoms with Gasteiger partial charge in [0.1, 0.15) is 11.8 Å². The lowest BCUT2D eigenvalue weighted by Gasteiger charge is -2.40. The van der Waals surface area contributed by atoms with Gasteiger partial charge >= 0.3 is 5.97 Å². The first-order valence-electron chi connectivity index (χ1n) is 13.3. The van der Waals surface area contributed by atoms with Crippen molar-refractivity contribution in [3.05, 3.63) is 143 Å². The average Bonchev–Trinajstić information content (AvgIpc) is 3.38. The van der Waals surface area contributed by atoms with Crippen LogP contribution < -0.4 is 0 Å². The lowest BCUT2D eigenvalue weighted by atomic mass is 9.76. The molecule has 0 amide bonds. The van der Waals surface area contributed by atoms with Gasteiger partial charge in [0.25, 0.3) is 0 Å². The van der Waals surface area contributed by atoms with E-state index in [2.05, 4.69) is 108 Å². The molecule has 0 aliphatic carbocycles. The van der Waals surface area contributed by atoms with Crippen LogP contribution in [0.5, 0.6) is 0 Å². The van der Waals surface area contributed by atoms with Crippen molar-refractivity contribution in [2.45, 2.75) is 31.2 Å². The predicted molar refractivity (Wildman–Crippen MR) is 159 cm³/mol. The summed E-state index contributed by atoms with van der Waals surface area (Å²) in [7, 11) is 0. The number of halogens is 2. The number of hydrazine groups is 1. The van der Waals surface area contributed by atoms with E-state index in [-0.39, 0.29) is 5.56 Å². The molecule has 5 rings (SSSR count). The highest BCUT2D eigenvalue weighted by Gasteiger charge is 2.50. The number of unbranched alkanes of at least 4 members (excludes halogenated alkanes) is 1. The van der Waals surface area contributed by atoms with Crippen molar-refractivity contribution in [3.63, 3.8) is 0 Å². The zero-order valence-electron chi connectivity index (χ0n) is 22.4. The normalized spacial score (nSPS) is 12.9. The zero-order valence-corrected chi connectivity index (χ0v) is 23.9. The van der Waals surface area contributed by atoms with Crippen LogP contribution in [0.25, 0.3) is 0 Å². The summed E-state index contributed by atoms with van der Waals surface area (Å²) in [6.45, 7) is 3.50. The largest absolute Gasteiger partial charge is 0.478 e. The molecule has 0 atom stereocenters. The van der Waals surface area contributed by atoms with Gasteiger partial charge in [-0.15, -0.1) is 11.6 Å². The third kappa shape index (κ3) is 6.46. The number of carboxylic acid groups (broad SMARTS) is 1. The molecule has 0 radical (unpaired) electrons. The van der Waals surface area contributed by atoms with E-state index in [1.54, 1.807) is 24.3 Å². The zero-order chi connectivity index (χ0) is 28.4. The van der Waals surface area contributed by atoms with Crippen LogP contribution in [0, 0.1) is 0 Å². The molecular weight excluding hydrogens is 543 g/mol. The number of carbonyl (C=O) groups is 1. The van der Waals surface area contributed by atoms with E-state index in [0.717, 1.165) is 24.9 Å².